The molecule has 22 aromatic rings. The molecule has 0 spiro atoms. The second kappa shape index (κ2) is 31.6. The van der Waals surface area contributed by atoms with Gasteiger partial charge in [0.05, 0.1) is 22.4 Å². The molecular formula is C112H72N8. The summed E-state index contributed by atoms with van der Waals surface area (Å²) in [7, 11) is 0. The van der Waals surface area contributed by atoms with Crippen molar-refractivity contribution in [3.8, 4) is 158 Å². The third-order valence-electron chi connectivity index (χ3n) is 22.7. The second-order valence-electron chi connectivity index (χ2n) is 30.1. The summed E-state index contributed by atoms with van der Waals surface area (Å²) in [6.45, 7) is 0. The van der Waals surface area contributed by atoms with E-state index in [4.69, 9.17) is 39.9 Å². The summed E-state index contributed by atoms with van der Waals surface area (Å²) in [5, 5.41) is 11.9. The normalized spacial score (nSPS) is 11.3. The molecule has 4 heterocycles. The van der Waals surface area contributed by atoms with Crippen molar-refractivity contribution in [1.82, 2.24) is 39.9 Å². The summed E-state index contributed by atoms with van der Waals surface area (Å²) in [4.78, 5) is 40.3. The molecule has 8 heteroatoms. The average Bonchev–Trinajstić information content (AvgIpc) is 0.748. The number of nitrogens with zero attached hydrogens (tertiary/aromatic N) is 8. The van der Waals surface area contributed by atoms with Crippen LogP contribution < -0.4 is 0 Å². The zero-order valence-electron chi connectivity index (χ0n) is 65.1. The van der Waals surface area contributed by atoms with E-state index >= 15 is 0 Å². The first-order chi connectivity index (χ1) is 59.4. The topological polar surface area (TPSA) is 103 Å². The van der Waals surface area contributed by atoms with Crippen LogP contribution in [0.15, 0.2) is 437 Å². The number of fused-ring (bicyclic) bond motifs is 9. The van der Waals surface area contributed by atoms with Gasteiger partial charge in [-0.2, -0.15) is 0 Å². The van der Waals surface area contributed by atoms with Crippen LogP contribution in [0, 0.1) is 0 Å². The molecule has 0 fully saturated rings. The summed E-state index contributed by atoms with van der Waals surface area (Å²) in [6.07, 6.45) is 0. The number of pyridine rings is 2. The van der Waals surface area contributed by atoms with E-state index in [1.165, 1.54) is 54.2 Å². The van der Waals surface area contributed by atoms with Crippen LogP contribution in [-0.2, 0) is 0 Å². The van der Waals surface area contributed by atoms with E-state index in [9.17, 15) is 0 Å². The lowest BCUT2D eigenvalue weighted by molar-refractivity contribution is 1.07. The van der Waals surface area contributed by atoms with E-state index in [2.05, 4.69) is 364 Å². The van der Waals surface area contributed by atoms with Crippen molar-refractivity contribution in [1.29, 1.82) is 0 Å². The molecule has 18 aromatic carbocycles. The Labute approximate surface area is 694 Å². The van der Waals surface area contributed by atoms with Gasteiger partial charge < -0.3 is 0 Å². The third kappa shape index (κ3) is 14.3. The fourth-order valence-corrected chi connectivity index (χ4v) is 16.3. The van der Waals surface area contributed by atoms with Crippen LogP contribution in [0.3, 0.4) is 0 Å². The highest BCUT2D eigenvalue weighted by molar-refractivity contribution is 6.18. The van der Waals surface area contributed by atoms with Gasteiger partial charge in [-0.1, -0.05) is 425 Å². The number of rotatable bonds is 14. The van der Waals surface area contributed by atoms with E-state index in [0.717, 1.165) is 133 Å². The minimum Gasteiger partial charge on any atom is -0.247 e. The van der Waals surface area contributed by atoms with Crippen LogP contribution >= 0.6 is 0 Å². The minimum absolute atomic E-state index is 0.636. The van der Waals surface area contributed by atoms with Crippen molar-refractivity contribution in [3.63, 3.8) is 0 Å². The molecule has 0 N–H and O–H groups in total. The van der Waals surface area contributed by atoms with Crippen molar-refractivity contribution in [2.24, 2.45) is 0 Å². The highest BCUT2D eigenvalue weighted by Crippen LogP contribution is 2.41. The molecule has 0 saturated carbocycles. The van der Waals surface area contributed by atoms with Crippen molar-refractivity contribution >= 4 is 64.9 Å². The maximum atomic E-state index is 5.31. The monoisotopic (exact) mass is 1530 g/mol. The molecule has 0 radical (unpaired) electrons. The minimum atomic E-state index is 0.636. The molecule has 0 aliphatic rings. The molecule has 120 heavy (non-hydrogen) atoms. The largest absolute Gasteiger partial charge is 0.247 e. The van der Waals surface area contributed by atoms with E-state index < -0.39 is 0 Å². The van der Waals surface area contributed by atoms with E-state index in [1.54, 1.807) is 0 Å². The van der Waals surface area contributed by atoms with Gasteiger partial charge in [0, 0.05) is 71.4 Å². The zero-order valence-corrected chi connectivity index (χ0v) is 65.1. The number of aromatic nitrogens is 8. The highest BCUT2D eigenvalue weighted by atomic mass is 15.0. The van der Waals surface area contributed by atoms with Crippen molar-refractivity contribution in [3.05, 3.63) is 437 Å². The number of hydrogen-bond acceptors (Lipinski definition) is 8. The molecule has 0 saturated heterocycles. The fraction of sp³-hybridized carbons (Fsp3) is 0. The summed E-state index contributed by atoms with van der Waals surface area (Å²) in [5.41, 5.74) is 25.7. The molecule has 8 nitrogen and oxygen atoms in total. The quantitative estimate of drug-likeness (QED) is 0.0784. The van der Waals surface area contributed by atoms with E-state index in [1.807, 2.05) is 72.8 Å². The molecular weight excluding hydrogens is 1460 g/mol. The Kier molecular flexibility index (Phi) is 18.8. The molecule has 560 valence electrons. The lowest BCUT2D eigenvalue weighted by atomic mass is 9.96. The SMILES string of the molecule is c1ccc(-c2ccc(-c3nc(-c4ccccc4)nc(-c4ccc(-c5ccc(-c6ccc(-c7nc8c9ccccc9ccc8c8ccccc78)cc6)cc5)cc4)n3)cc2)cc1.c1ccc(-c2ccc(-c3nc(-c4ccccc4)nc(-c4ccc(-c5ccc(-c6ccc(-c7nc8cc9ccccc9cc8c8ccccc78)cc6)cc5)cc4)n3)cc2)cc1. The first-order valence-corrected chi connectivity index (χ1v) is 40.4. The Morgan fingerprint density at radius 1 is 0.117 bits per heavy atom. The number of hydrogen-bond donors (Lipinski definition) is 0. The first-order valence-electron chi connectivity index (χ1n) is 40.4. The van der Waals surface area contributed by atoms with Gasteiger partial charge in [0.15, 0.2) is 34.9 Å². The van der Waals surface area contributed by atoms with Gasteiger partial charge >= 0.3 is 0 Å². The molecule has 0 unspecified atom stereocenters. The van der Waals surface area contributed by atoms with Crippen LogP contribution in [0.4, 0.5) is 0 Å². The van der Waals surface area contributed by atoms with Gasteiger partial charge in [0.1, 0.15) is 0 Å². The Hall–Kier alpha value is -16.2. The van der Waals surface area contributed by atoms with Crippen molar-refractivity contribution in [2.45, 2.75) is 0 Å². The molecule has 0 aliphatic carbocycles. The molecule has 0 aliphatic heterocycles. The Morgan fingerprint density at radius 2 is 0.342 bits per heavy atom. The summed E-state index contributed by atoms with van der Waals surface area (Å²) >= 11 is 0. The zero-order chi connectivity index (χ0) is 79.7. The Balaban J connectivity index is 0.000000148. The van der Waals surface area contributed by atoms with Crippen molar-refractivity contribution < 1.29 is 0 Å². The standard InChI is InChI=1S/2C56H36N4/c1-3-11-37(12-4-1)38-25-31-46(32-26-38)55-58-54(45-14-5-2-6-15-45)59-56(60-55)47-33-27-42(28-34-47)40-21-19-39(20-22-40)41-23-29-44(30-24-41)52-50-18-10-9-17-49(50)51-36-35-43-13-7-8-16-48(43)53(51)57-52;1-3-11-37(12-4-1)38-25-31-45(32-26-38)55-58-54(44-13-5-2-6-14-44)59-56(60-55)46-33-27-42(28-34-46)40-21-19-39(20-22-40)41-23-29-43(30-24-41)53-50-18-10-9-17-49(50)51-35-47-15-7-8-16-48(47)36-52(51)57-53/h2*1-36H. The molecule has 4 aromatic heterocycles. The molecule has 0 bridgehead atoms. The summed E-state index contributed by atoms with van der Waals surface area (Å²) in [5.74, 6) is 3.84. The van der Waals surface area contributed by atoms with E-state index in [-0.39, 0.29) is 0 Å². The van der Waals surface area contributed by atoms with E-state index in [0.29, 0.717) is 34.9 Å². The smallest absolute Gasteiger partial charge is 0.164 e. The first kappa shape index (κ1) is 71.6. The van der Waals surface area contributed by atoms with Crippen LogP contribution in [0.5, 0.6) is 0 Å². The van der Waals surface area contributed by atoms with Crippen LogP contribution in [0.2, 0.25) is 0 Å². The molecule has 22 rings (SSSR count). The lowest BCUT2D eigenvalue weighted by Gasteiger charge is -2.12. The second-order valence-corrected chi connectivity index (χ2v) is 30.1. The van der Waals surface area contributed by atoms with Gasteiger partial charge in [-0.25, -0.2) is 39.9 Å². The third-order valence-corrected chi connectivity index (χ3v) is 22.7. The summed E-state index contributed by atoms with van der Waals surface area (Å²) in [6, 6.07) is 153. The van der Waals surface area contributed by atoms with Gasteiger partial charge in [0.25, 0.3) is 0 Å². The van der Waals surface area contributed by atoms with Gasteiger partial charge in [-0.05, 0) is 106 Å². The van der Waals surface area contributed by atoms with Crippen LogP contribution in [0.25, 0.3) is 222 Å². The Morgan fingerprint density at radius 3 is 0.675 bits per heavy atom. The van der Waals surface area contributed by atoms with Crippen LogP contribution in [-0.4, -0.2) is 39.9 Å². The van der Waals surface area contributed by atoms with Crippen molar-refractivity contribution in [2.75, 3.05) is 0 Å². The predicted molar refractivity (Wildman–Crippen MR) is 496 cm³/mol. The fourth-order valence-electron chi connectivity index (χ4n) is 16.3. The van der Waals surface area contributed by atoms with Gasteiger partial charge in [0.2, 0.25) is 0 Å². The molecule has 0 amide bonds. The summed E-state index contributed by atoms with van der Waals surface area (Å²) < 4.78 is 0. The lowest BCUT2D eigenvalue weighted by Crippen LogP contribution is -2.00. The average molecular weight is 1530 g/mol. The van der Waals surface area contributed by atoms with Crippen LogP contribution in [0.1, 0.15) is 0 Å². The maximum absolute atomic E-state index is 5.31. The number of benzene rings is 18. The molecule has 0 atom stereocenters. The van der Waals surface area contributed by atoms with Gasteiger partial charge in [-0.3, -0.25) is 0 Å². The maximum Gasteiger partial charge on any atom is 0.164 e. The highest BCUT2D eigenvalue weighted by Gasteiger charge is 2.19. The Bertz CT molecular complexity index is 7480. The predicted octanol–water partition coefficient (Wildman–Crippen LogP) is 28.8. The van der Waals surface area contributed by atoms with Gasteiger partial charge in [-0.15, -0.1) is 0 Å².